The van der Waals surface area contributed by atoms with Gasteiger partial charge in [0.2, 0.25) is 11.8 Å². The van der Waals surface area contributed by atoms with E-state index in [0.29, 0.717) is 6.54 Å². The molecular weight excluding hydrogens is 320 g/mol. The first-order chi connectivity index (χ1) is 11.8. The summed E-state index contributed by atoms with van der Waals surface area (Å²) in [7, 11) is 0. The molecular formula is C18H26N4O3. The van der Waals surface area contributed by atoms with Crippen LogP contribution in [0.25, 0.3) is 0 Å². The van der Waals surface area contributed by atoms with Crippen LogP contribution in [0.2, 0.25) is 0 Å². The van der Waals surface area contributed by atoms with E-state index in [1.807, 2.05) is 26.8 Å². The molecule has 7 nitrogen and oxygen atoms in total. The summed E-state index contributed by atoms with van der Waals surface area (Å²) in [6.45, 7) is 7.33. The number of hydrogen-bond acceptors (Lipinski definition) is 5. The van der Waals surface area contributed by atoms with Crippen molar-refractivity contribution < 1.29 is 14.3 Å². The Morgan fingerprint density at radius 3 is 2.60 bits per heavy atom. The van der Waals surface area contributed by atoms with E-state index < -0.39 is 17.2 Å². The highest BCUT2D eigenvalue weighted by atomic mass is 16.5. The fourth-order valence-electron chi connectivity index (χ4n) is 2.10. The Bertz CT molecular complexity index is 667. The highest BCUT2D eigenvalue weighted by Crippen LogP contribution is 2.26. The number of nitrogen functional groups attached to an aromatic ring is 1. The van der Waals surface area contributed by atoms with Crippen LogP contribution in [0.15, 0.2) is 18.2 Å². The van der Waals surface area contributed by atoms with Crippen molar-refractivity contribution in [2.75, 3.05) is 18.9 Å². The Morgan fingerprint density at radius 1 is 1.36 bits per heavy atom. The third kappa shape index (κ3) is 5.11. The van der Waals surface area contributed by atoms with E-state index in [0.717, 1.165) is 6.42 Å². The largest absolute Gasteiger partial charge is 0.490 e. The van der Waals surface area contributed by atoms with Crippen LogP contribution in [-0.4, -0.2) is 31.0 Å². The van der Waals surface area contributed by atoms with Gasteiger partial charge in [0, 0.05) is 12.6 Å². The monoisotopic (exact) mass is 346 g/mol. The van der Waals surface area contributed by atoms with Crippen molar-refractivity contribution in [2.24, 2.45) is 5.41 Å². The summed E-state index contributed by atoms with van der Waals surface area (Å²) in [5, 5.41) is 14.7. The molecule has 1 atom stereocenters. The minimum Gasteiger partial charge on any atom is -0.490 e. The molecule has 0 bridgehead atoms. The van der Waals surface area contributed by atoms with Crippen LogP contribution in [0.5, 0.6) is 5.75 Å². The third-order valence-corrected chi connectivity index (χ3v) is 3.64. The van der Waals surface area contributed by atoms with Crippen LogP contribution in [0, 0.1) is 16.7 Å². The molecule has 0 aliphatic heterocycles. The summed E-state index contributed by atoms with van der Waals surface area (Å²) in [5.41, 5.74) is 4.79. The van der Waals surface area contributed by atoms with E-state index in [1.54, 1.807) is 18.2 Å². The number of amides is 2. The van der Waals surface area contributed by atoms with Crippen molar-refractivity contribution in [3.8, 4) is 11.8 Å². The summed E-state index contributed by atoms with van der Waals surface area (Å²) >= 11 is 0. The molecule has 2 amide bonds. The fourth-order valence-corrected chi connectivity index (χ4v) is 2.10. The summed E-state index contributed by atoms with van der Waals surface area (Å²) in [6.07, 6.45) is 0.752. The lowest BCUT2D eigenvalue weighted by atomic mass is 9.88. The standard InChI is InChI=1S/C18H26N4O3/c1-5-9-21-16(23)18(4,17(24)22-12(2)3)11-25-15-8-6-7-14(20)13(15)10-19/h6-8,12H,5,9,11,20H2,1-4H3,(H,21,23)(H,22,24). The second-order valence-electron chi connectivity index (χ2n) is 6.34. The van der Waals surface area contributed by atoms with Gasteiger partial charge in [-0.2, -0.15) is 5.26 Å². The van der Waals surface area contributed by atoms with Crippen molar-refractivity contribution in [1.82, 2.24) is 10.6 Å². The summed E-state index contributed by atoms with van der Waals surface area (Å²) < 4.78 is 5.65. The second-order valence-corrected chi connectivity index (χ2v) is 6.34. The van der Waals surface area contributed by atoms with Gasteiger partial charge in [-0.05, 0) is 39.3 Å². The van der Waals surface area contributed by atoms with Crippen LogP contribution < -0.4 is 21.1 Å². The number of rotatable bonds is 8. The van der Waals surface area contributed by atoms with Gasteiger partial charge in [0.05, 0.1) is 5.69 Å². The number of anilines is 1. The molecule has 0 spiro atoms. The van der Waals surface area contributed by atoms with Crippen molar-refractivity contribution in [1.29, 1.82) is 5.26 Å². The zero-order valence-electron chi connectivity index (χ0n) is 15.2. The van der Waals surface area contributed by atoms with Crippen LogP contribution in [0.1, 0.15) is 39.7 Å². The number of carbonyl (C=O) groups excluding carboxylic acids is 2. The summed E-state index contributed by atoms with van der Waals surface area (Å²) in [6, 6.07) is 6.67. The molecule has 0 aliphatic rings. The Labute approximate surface area is 148 Å². The number of ether oxygens (including phenoxy) is 1. The highest BCUT2D eigenvalue weighted by Gasteiger charge is 2.42. The van der Waals surface area contributed by atoms with Crippen molar-refractivity contribution in [3.05, 3.63) is 23.8 Å². The van der Waals surface area contributed by atoms with Gasteiger partial charge in [0.15, 0.2) is 5.41 Å². The molecule has 1 aromatic carbocycles. The quantitative estimate of drug-likeness (QED) is 0.488. The second kappa shape index (κ2) is 8.92. The normalized spacial score (nSPS) is 12.8. The number of nitrogens with zero attached hydrogens (tertiary/aromatic N) is 1. The Morgan fingerprint density at radius 2 is 2.04 bits per heavy atom. The maximum absolute atomic E-state index is 12.6. The molecule has 0 aliphatic carbocycles. The number of nitrogens with one attached hydrogen (secondary N) is 2. The lowest BCUT2D eigenvalue weighted by Crippen LogP contribution is -2.54. The Balaban J connectivity index is 3.05. The van der Waals surface area contributed by atoms with E-state index in [4.69, 9.17) is 10.5 Å². The zero-order valence-corrected chi connectivity index (χ0v) is 15.2. The number of nitrogens with two attached hydrogens (primary N) is 1. The molecule has 1 unspecified atom stereocenters. The van der Waals surface area contributed by atoms with Gasteiger partial charge in [-0.25, -0.2) is 0 Å². The molecule has 0 radical (unpaired) electrons. The minimum atomic E-state index is -1.43. The van der Waals surface area contributed by atoms with Crippen LogP contribution in [0.4, 0.5) is 5.69 Å². The average molecular weight is 346 g/mol. The summed E-state index contributed by atoms with van der Waals surface area (Å²) in [4.78, 5) is 25.1. The first kappa shape index (κ1) is 20.3. The molecule has 0 aromatic heterocycles. The van der Waals surface area contributed by atoms with Gasteiger partial charge < -0.3 is 21.1 Å². The molecule has 1 aromatic rings. The van der Waals surface area contributed by atoms with E-state index >= 15 is 0 Å². The van der Waals surface area contributed by atoms with E-state index in [9.17, 15) is 14.9 Å². The molecule has 0 heterocycles. The summed E-state index contributed by atoms with van der Waals surface area (Å²) in [5.74, 6) is -0.609. The van der Waals surface area contributed by atoms with Crippen molar-refractivity contribution in [3.63, 3.8) is 0 Å². The van der Waals surface area contributed by atoms with E-state index in [-0.39, 0.29) is 29.6 Å². The smallest absolute Gasteiger partial charge is 0.239 e. The molecule has 0 saturated heterocycles. The predicted octanol–water partition coefficient (Wildman–Crippen LogP) is 1.58. The third-order valence-electron chi connectivity index (χ3n) is 3.64. The molecule has 0 saturated carbocycles. The zero-order chi connectivity index (χ0) is 19.0. The topological polar surface area (TPSA) is 117 Å². The Kier molecular flexibility index (Phi) is 7.24. The molecule has 1 rings (SSSR count). The first-order valence-corrected chi connectivity index (χ1v) is 8.26. The van der Waals surface area contributed by atoms with E-state index in [2.05, 4.69) is 10.6 Å². The van der Waals surface area contributed by atoms with Gasteiger partial charge in [-0.15, -0.1) is 0 Å². The van der Waals surface area contributed by atoms with Crippen LogP contribution >= 0.6 is 0 Å². The first-order valence-electron chi connectivity index (χ1n) is 8.26. The number of hydrogen-bond donors (Lipinski definition) is 3. The highest BCUT2D eigenvalue weighted by molar-refractivity contribution is 6.05. The molecule has 136 valence electrons. The van der Waals surface area contributed by atoms with Crippen molar-refractivity contribution >= 4 is 17.5 Å². The molecule has 0 fully saturated rings. The SMILES string of the molecule is CCCNC(=O)C(C)(COc1cccc(N)c1C#N)C(=O)NC(C)C. The molecule has 25 heavy (non-hydrogen) atoms. The lowest BCUT2D eigenvalue weighted by Gasteiger charge is -2.28. The fraction of sp³-hybridized carbons (Fsp3) is 0.500. The van der Waals surface area contributed by atoms with Crippen LogP contribution in [-0.2, 0) is 9.59 Å². The minimum absolute atomic E-state index is 0.118. The molecule has 7 heteroatoms. The number of nitriles is 1. The molecule has 4 N–H and O–H groups in total. The Hall–Kier alpha value is -2.75. The van der Waals surface area contributed by atoms with Crippen LogP contribution in [0.3, 0.4) is 0 Å². The van der Waals surface area contributed by atoms with Gasteiger partial charge in [0.1, 0.15) is 24.0 Å². The maximum atomic E-state index is 12.6. The van der Waals surface area contributed by atoms with Gasteiger partial charge in [0.25, 0.3) is 0 Å². The number of benzene rings is 1. The predicted molar refractivity (Wildman–Crippen MR) is 95.8 cm³/mol. The maximum Gasteiger partial charge on any atom is 0.239 e. The average Bonchev–Trinajstić information content (AvgIpc) is 2.56. The number of carbonyl (C=O) groups is 2. The lowest BCUT2D eigenvalue weighted by molar-refractivity contribution is -0.144. The van der Waals surface area contributed by atoms with Crippen molar-refractivity contribution in [2.45, 2.75) is 40.2 Å². The van der Waals surface area contributed by atoms with Gasteiger partial charge in [-0.3, -0.25) is 9.59 Å². The van der Waals surface area contributed by atoms with Gasteiger partial charge >= 0.3 is 0 Å². The van der Waals surface area contributed by atoms with Gasteiger partial charge in [-0.1, -0.05) is 13.0 Å². The van der Waals surface area contributed by atoms with E-state index in [1.165, 1.54) is 6.92 Å².